The van der Waals surface area contributed by atoms with Crippen LogP contribution in [-0.2, 0) is 23.1 Å². The fourth-order valence-electron chi connectivity index (χ4n) is 7.76. The van der Waals surface area contributed by atoms with Gasteiger partial charge in [0, 0.05) is 6.42 Å². The van der Waals surface area contributed by atoms with E-state index in [1.165, 1.54) is 16.7 Å². The first-order chi connectivity index (χ1) is 22.3. The lowest BCUT2D eigenvalue weighted by Crippen LogP contribution is -2.49. The molecular formula is C42H74O5Si2. The van der Waals surface area contributed by atoms with Gasteiger partial charge in [0.25, 0.3) is 0 Å². The topological polar surface area (TPSA) is 54.0 Å². The molecule has 5 atom stereocenters. The fraction of sp³-hybridized carbons (Fsp3) is 0.786. The third-order valence-corrected chi connectivity index (χ3v) is 21.8. The summed E-state index contributed by atoms with van der Waals surface area (Å²) in [6.45, 7) is 40.9. The number of carbonyl (C=O) groups is 1. The van der Waals surface area contributed by atoms with Gasteiger partial charge in [-0.05, 0) is 115 Å². The summed E-state index contributed by atoms with van der Waals surface area (Å²) in [4.78, 5) is 12.8. The largest absolute Gasteiger partial charge is 0.460 e. The number of hydrogen-bond acceptors (Lipinski definition) is 5. The van der Waals surface area contributed by atoms with E-state index < -0.39 is 16.6 Å². The molecule has 0 bridgehead atoms. The standard InChI is InChI=1S/C42H74O5Si2/c1-28(2)39(29(3)4)45-38(43)27-44-31(6)35-22-23-36-32(19-18-24-42(35,36)13)20-21-33-25-34(46-48(14,15)40(7,8)9)26-37(30(33)5)47-49(16,17)41(10,11)12/h20-22,28-29,31,34,36-37,39H,5,18-19,23-27H2,1-4,6-17H3/b32-20+,33-21-/t31?,34-,36+,37+,42-/m1/s1. The summed E-state index contributed by atoms with van der Waals surface area (Å²) in [5.74, 6) is 0.721. The zero-order chi connectivity index (χ0) is 37.3. The minimum atomic E-state index is -2.02. The smallest absolute Gasteiger partial charge is 0.332 e. The highest BCUT2D eigenvalue weighted by atomic mass is 28.4. The predicted molar refractivity (Wildman–Crippen MR) is 212 cm³/mol. The number of carbonyl (C=O) groups excluding carboxylic acids is 1. The van der Waals surface area contributed by atoms with Crippen LogP contribution in [0, 0.1) is 23.2 Å². The summed E-state index contributed by atoms with van der Waals surface area (Å²) in [5.41, 5.74) is 5.28. The Balaban J connectivity index is 1.82. The molecule has 0 saturated heterocycles. The van der Waals surface area contributed by atoms with Gasteiger partial charge in [0.1, 0.15) is 12.7 Å². The molecule has 0 N–H and O–H groups in total. The van der Waals surface area contributed by atoms with Crippen LogP contribution in [-0.4, -0.2) is 53.6 Å². The summed E-state index contributed by atoms with van der Waals surface area (Å²) in [7, 11) is -3.99. The van der Waals surface area contributed by atoms with Crippen molar-refractivity contribution in [2.75, 3.05) is 6.61 Å². The van der Waals surface area contributed by atoms with E-state index in [0.717, 1.165) is 44.1 Å². The van der Waals surface area contributed by atoms with Crippen LogP contribution >= 0.6 is 0 Å². The number of ether oxygens (including phenoxy) is 2. The van der Waals surface area contributed by atoms with E-state index in [-0.39, 0.29) is 64.3 Å². The van der Waals surface area contributed by atoms with Gasteiger partial charge in [-0.15, -0.1) is 0 Å². The maximum Gasteiger partial charge on any atom is 0.332 e. The fourth-order valence-corrected chi connectivity index (χ4v) is 10.4. The Morgan fingerprint density at radius 3 is 2.08 bits per heavy atom. The van der Waals surface area contributed by atoms with Crippen molar-refractivity contribution in [3.63, 3.8) is 0 Å². The third-order valence-electron chi connectivity index (χ3n) is 12.8. The van der Waals surface area contributed by atoms with Gasteiger partial charge in [0.15, 0.2) is 16.6 Å². The number of esters is 1. The zero-order valence-corrected chi connectivity index (χ0v) is 36.5. The van der Waals surface area contributed by atoms with Crippen molar-refractivity contribution in [1.82, 2.24) is 0 Å². The molecule has 49 heavy (non-hydrogen) atoms. The Morgan fingerprint density at radius 2 is 1.53 bits per heavy atom. The minimum Gasteiger partial charge on any atom is -0.460 e. The van der Waals surface area contributed by atoms with Gasteiger partial charge < -0.3 is 18.3 Å². The quantitative estimate of drug-likeness (QED) is 0.114. The highest BCUT2D eigenvalue weighted by Crippen LogP contribution is 2.56. The average Bonchev–Trinajstić information content (AvgIpc) is 3.31. The van der Waals surface area contributed by atoms with Crippen LogP contribution in [0.1, 0.15) is 122 Å². The van der Waals surface area contributed by atoms with Crippen molar-refractivity contribution in [2.45, 2.75) is 182 Å². The zero-order valence-electron chi connectivity index (χ0n) is 34.5. The van der Waals surface area contributed by atoms with E-state index in [1.54, 1.807) is 0 Å². The highest BCUT2D eigenvalue weighted by Gasteiger charge is 2.47. The van der Waals surface area contributed by atoms with E-state index in [4.69, 9.17) is 18.3 Å². The Hall–Kier alpha value is -1.26. The van der Waals surface area contributed by atoms with Crippen molar-refractivity contribution in [3.05, 3.63) is 47.1 Å². The van der Waals surface area contributed by atoms with Crippen molar-refractivity contribution >= 4 is 22.6 Å². The monoisotopic (exact) mass is 715 g/mol. The van der Waals surface area contributed by atoms with Crippen LogP contribution in [0.15, 0.2) is 47.1 Å². The highest BCUT2D eigenvalue weighted by molar-refractivity contribution is 6.74. The summed E-state index contributed by atoms with van der Waals surface area (Å²) in [5, 5.41) is 0.270. The Labute approximate surface area is 304 Å². The number of hydrogen-bond donors (Lipinski definition) is 0. The second-order valence-electron chi connectivity index (χ2n) is 19.4. The molecule has 0 aromatic heterocycles. The molecule has 0 aromatic rings. The molecule has 0 radical (unpaired) electrons. The molecule has 280 valence electrons. The van der Waals surface area contributed by atoms with Crippen LogP contribution in [0.25, 0.3) is 0 Å². The molecule has 0 spiro atoms. The molecule has 2 saturated carbocycles. The summed E-state index contributed by atoms with van der Waals surface area (Å²) in [6, 6.07) is 0. The van der Waals surface area contributed by atoms with Crippen LogP contribution in [0.3, 0.4) is 0 Å². The summed E-state index contributed by atoms with van der Waals surface area (Å²) < 4.78 is 26.2. The van der Waals surface area contributed by atoms with Gasteiger partial charge in [-0.3, -0.25) is 0 Å². The number of rotatable bonds is 12. The van der Waals surface area contributed by atoms with Crippen LogP contribution in [0.2, 0.25) is 36.3 Å². The van der Waals surface area contributed by atoms with E-state index >= 15 is 0 Å². The molecule has 0 aromatic carbocycles. The molecular weight excluding hydrogens is 641 g/mol. The Kier molecular flexibility index (Phi) is 13.6. The molecule has 7 heteroatoms. The maximum absolute atomic E-state index is 12.8. The molecule has 1 unspecified atom stereocenters. The first kappa shape index (κ1) is 42.2. The lowest BCUT2D eigenvalue weighted by Gasteiger charge is -2.45. The first-order valence-corrected chi connectivity index (χ1v) is 25.1. The second kappa shape index (κ2) is 15.8. The van der Waals surface area contributed by atoms with E-state index in [0.29, 0.717) is 5.92 Å². The van der Waals surface area contributed by atoms with E-state index in [9.17, 15) is 4.79 Å². The van der Waals surface area contributed by atoms with Gasteiger partial charge in [0.2, 0.25) is 0 Å². The van der Waals surface area contributed by atoms with Crippen molar-refractivity contribution in [3.8, 4) is 0 Å². The van der Waals surface area contributed by atoms with Gasteiger partial charge in [-0.1, -0.05) is 107 Å². The van der Waals surface area contributed by atoms with Gasteiger partial charge in [-0.2, -0.15) is 0 Å². The molecule has 5 nitrogen and oxygen atoms in total. The molecule has 2 fully saturated rings. The number of allylic oxidation sites excluding steroid dienone is 4. The normalized spacial score (nSPS) is 28.1. The molecule has 3 rings (SSSR count). The Bertz CT molecular complexity index is 1270. The van der Waals surface area contributed by atoms with Gasteiger partial charge in [0.05, 0.1) is 18.3 Å². The average molecular weight is 715 g/mol. The minimum absolute atomic E-state index is 0.0116. The van der Waals surface area contributed by atoms with Crippen molar-refractivity contribution in [1.29, 1.82) is 0 Å². The van der Waals surface area contributed by atoms with Crippen molar-refractivity contribution < 1.29 is 23.1 Å². The molecule has 0 amide bonds. The van der Waals surface area contributed by atoms with Crippen LogP contribution in [0.5, 0.6) is 0 Å². The number of fused-ring (bicyclic) bond motifs is 1. The Morgan fingerprint density at radius 1 is 0.959 bits per heavy atom. The summed E-state index contributed by atoms with van der Waals surface area (Å²) >= 11 is 0. The van der Waals surface area contributed by atoms with Gasteiger partial charge in [-0.25, -0.2) is 4.79 Å². The van der Waals surface area contributed by atoms with Crippen molar-refractivity contribution in [2.24, 2.45) is 23.2 Å². The van der Waals surface area contributed by atoms with E-state index in [2.05, 4.69) is 134 Å². The van der Waals surface area contributed by atoms with E-state index in [1.807, 2.05) is 0 Å². The molecule has 0 heterocycles. The molecule has 3 aliphatic carbocycles. The predicted octanol–water partition coefficient (Wildman–Crippen LogP) is 11.7. The van der Waals surface area contributed by atoms with Crippen LogP contribution in [0.4, 0.5) is 0 Å². The summed E-state index contributed by atoms with van der Waals surface area (Å²) in [6.07, 6.45) is 13.2. The molecule has 0 aliphatic heterocycles. The van der Waals surface area contributed by atoms with Gasteiger partial charge >= 0.3 is 5.97 Å². The maximum atomic E-state index is 12.8. The second-order valence-corrected chi connectivity index (χ2v) is 28.9. The molecule has 3 aliphatic rings. The first-order valence-electron chi connectivity index (χ1n) is 19.3. The lowest BCUT2D eigenvalue weighted by atomic mass is 9.63. The lowest BCUT2D eigenvalue weighted by molar-refractivity contribution is -0.160. The third kappa shape index (κ3) is 10.00. The van der Waals surface area contributed by atoms with Crippen LogP contribution < -0.4 is 0 Å². The SMILES string of the molecule is C=C1/C(=C\C=C2/CCC[C@]3(C)C(C(C)OCC(=O)OC(C(C)C)C(C)C)=CC[C@@H]23)C[C@@H](O[Si](C)(C)C(C)(C)C)C[C@@H]1O[Si](C)(C)C(C)(C)C.